The van der Waals surface area contributed by atoms with Gasteiger partial charge in [-0.25, -0.2) is 0 Å². The van der Waals surface area contributed by atoms with Crippen LogP contribution in [-0.2, 0) is 9.53 Å². The molecule has 0 amide bonds. The van der Waals surface area contributed by atoms with E-state index in [0.717, 1.165) is 38.9 Å². The summed E-state index contributed by atoms with van der Waals surface area (Å²) in [5.74, 6) is 0.198. The van der Waals surface area contributed by atoms with Crippen molar-refractivity contribution in [3.8, 4) is 0 Å². The second kappa shape index (κ2) is 9.96. The molecule has 2 N–H and O–H groups in total. The first kappa shape index (κ1) is 22.8. The molecule has 0 aromatic heterocycles. The minimum atomic E-state index is -0.480. The Morgan fingerprint density at radius 3 is 2.45 bits per heavy atom. The summed E-state index contributed by atoms with van der Waals surface area (Å²) in [6.07, 6.45) is 12.1. The van der Waals surface area contributed by atoms with Crippen LogP contribution in [0.3, 0.4) is 0 Å². The molecule has 0 aromatic carbocycles. The van der Waals surface area contributed by atoms with Crippen LogP contribution in [0.4, 0.5) is 0 Å². The molecule has 3 rings (SSSR count). The SMILES string of the molecule is CCCCC[NH+](CCCCC)C[C@@H]1C(=O)O[C@H]2CC3=CCC[C@H](C)[C@]3(C)[C@H](O)[C@@H]21. The normalized spacial score (nSPS) is 36.6. The summed E-state index contributed by atoms with van der Waals surface area (Å²) in [7, 11) is 0. The third-order valence-electron chi connectivity index (χ3n) is 8.35. The van der Waals surface area contributed by atoms with E-state index in [4.69, 9.17) is 4.74 Å². The van der Waals surface area contributed by atoms with Gasteiger partial charge in [-0.2, -0.15) is 0 Å². The van der Waals surface area contributed by atoms with Crippen LogP contribution in [0.1, 0.15) is 85.5 Å². The van der Waals surface area contributed by atoms with Crippen LogP contribution >= 0.6 is 0 Å². The topological polar surface area (TPSA) is 51.0 Å². The molecule has 4 nitrogen and oxygen atoms in total. The molecule has 1 heterocycles. The first-order chi connectivity index (χ1) is 13.9. The zero-order valence-corrected chi connectivity index (χ0v) is 19.2. The smallest absolute Gasteiger partial charge is 0.315 e. The highest BCUT2D eigenvalue weighted by Crippen LogP contribution is 2.55. The summed E-state index contributed by atoms with van der Waals surface area (Å²) in [6.45, 7) is 12.1. The molecule has 0 radical (unpaired) electrons. The molecule has 3 aliphatic rings. The van der Waals surface area contributed by atoms with Gasteiger partial charge in [-0.05, 0) is 44.4 Å². The van der Waals surface area contributed by atoms with Crippen LogP contribution in [0.2, 0.25) is 0 Å². The average molecular weight is 407 g/mol. The van der Waals surface area contributed by atoms with Gasteiger partial charge in [-0.3, -0.25) is 4.79 Å². The lowest BCUT2D eigenvalue weighted by molar-refractivity contribution is -0.903. The predicted octanol–water partition coefficient (Wildman–Crippen LogP) is 3.54. The summed E-state index contributed by atoms with van der Waals surface area (Å²) in [5, 5.41) is 11.6. The van der Waals surface area contributed by atoms with Gasteiger partial charge in [-0.15, -0.1) is 0 Å². The lowest BCUT2D eigenvalue weighted by Crippen LogP contribution is -3.13. The van der Waals surface area contributed by atoms with Crippen molar-refractivity contribution in [1.82, 2.24) is 0 Å². The molecule has 0 spiro atoms. The standard InChI is InChI=1S/C25H43NO3/c1-5-7-9-14-26(15-10-8-6-2)17-20-22-21(29-24(20)28)16-19-13-11-12-18(3)25(19,4)23(22)27/h13,18,20-23,27H,5-12,14-17H2,1-4H3/p+1/t18-,20-,21-,22+,23+,25-/m0/s1. The number of carbonyl (C=O) groups excluding carboxylic acids is 1. The number of rotatable bonds is 10. The number of ether oxygens (including phenoxy) is 1. The number of esters is 1. The largest absolute Gasteiger partial charge is 0.461 e. The first-order valence-corrected chi connectivity index (χ1v) is 12.3. The highest BCUT2D eigenvalue weighted by molar-refractivity contribution is 5.76. The van der Waals surface area contributed by atoms with Gasteiger partial charge in [0.25, 0.3) is 0 Å². The third-order valence-corrected chi connectivity index (χ3v) is 8.35. The number of carbonyl (C=O) groups is 1. The van der Waals surface area contributed by atoms with E-state index < -0.39 is 6.10 Å². The Kier molecular flexibility index (Phi) is 7.83. The van der Waals surface area contributed by atoms with Gasteiger partial charge in [0.05, 0.1) is 25.7 Å². The molecule has 2 aliphatic carbocycles. The molecule has 166 valence electrons. The maximum Gasteiger partial charge on any atom is 0.315 e. The van der Waals surface area contributed by atoms with Crippen molar-refractivity contribution in [2.24, 2.45) is 23.2 Å². The van der Waals surface area contributed by atoms with Crippen molar-refractivity contribution in [2.45, 2.75) is 97.7 Å². The van der Waals surface area contributed by atoms with Gasteiger partial charge < -0.3 is 14.7 Å². The van der Waals surface area contributed by atoms with Crippen molar-refractivity contribution in [1.29, 1.82) is 0 Å². The molecule has 1 saturated heterocycles. The predicted molar refractivity (Wildman–Crippen MR) is 117 cm³/mol. The van der Waals surface area contributed by atoms with Crippen molar-refractivity contribution in [2.75, 3.05) is 19.6 Å². The minimum Gasteiger partial charge on any atom is -0.461 e. The molecule has 0 bridgehead atoms. The number of aliphatic hydroxyl groups is 1. The second-order valence-electron chi connectivity index (χ2n) is 10.2. The van der Waals surface area contributed by atoms with Crippen LogP contribution in [0.15, 0.2) is 11.6 Å². The fraction of sp³-hybridized carbons (Fsp3) is 0.880. The zero-order valence-electron chi connectivity index (χ0n) is 19.2. The number of hydrogen-bond acceptors (Lipinski definition) is 3. The second-order valence-corrected chi connectivity index (χ2v) is 10.2. The van der Waals surface area contributed by atoms with Crippen molar-refractivity contribution in [3.05, 3.63) is 11.6 Å². The molecule has 6 atom stereocenters. The molecule has 1 saturated carbocycles. The van der Waals surface area contributed by atoms with Crippen LogP contribution in [0.5, 0.6) is 0 Å². The number of quaternary nitrogens is 1. The Morgan fingerprint density at radius 1 is 1.17 bits per heavy atom. The van der Waals surface area contributed by atoms with E-state index in [1.165, 1.54) is 49.0 Å². The molecule has 2 fully saturated rings. The van der Waals surface area contributed by atoms with E-state index in [0.29, 0.717) is 5.92 Å². The van der Waals surface area contributed by atoms with Gasteiger partial charge in [-0.1, -0.05) is 52.2 Å². The number of allylic oxidation sites excluding steroid dienone is 1. The summed E-state index contributed by atoms with van der Waals surface area (Å²) in [4.78, 5) is 14.4. The van der Waals surface area contributed by atoms with Crippen LogP contribution in [-0.4, -0.2) is 42.9 Å². The summed E-state index contributed by atoms with van der Waals surface area (Å²) in [6, 6.07) is 0. The van der Waals surface area contributed by atoms with Crippen molar-refractivity contribution < 1.29 is 19.5 Å². The monoisotopic (exact) mass is 406 g/mol. The maximum atomic E-state index is 12.9. The van der Waals surface area contributed by atoms with E-state index >= 15 is 0 Å². The molecule has 1 aliphatic heterocycles. The van der Waals surface area contributed by atoms with Gasteiger partial charge in [0.1, 0.15) is 12.0 Å². The van der Waals surface area contributed by atoms with E-state index in [9.17, 15) is 9.90 Å². The summed E-state index contributed by atoms with van der Waals surface area (Å²) < 4.78 is 5.88. The van der Waals surface area contributed by atoms with Gasteiger partial charge in [0.15, 0.2) is 0 Å². The number of aliphatic hydroxyl groups excluding tert-OH is 1. The first-order valence-electron chi connectivity index (χ1n) is 12.3. The van der Waals surface area contributed by atoms with Crippen molar-refractivity contribution >= 4 is 5.97 Å². The van der Waals surface area contributed by atoms with E-state index in [-0.39, 0.29) is 29.3 Å². The van der Waals surface area contributed by atoms with Crippen LogP contribution in [0.25, 0.3) is 0 Å². The number of fused-ring (bicyclic) bond motifs is 2. The lowest BCUT2D eigenvalue weighted by atomic mass is 9.55. The van der Waals surface area contributed by atoms with Crippen LogP contribution < -0.4 is 4.90 Å². The van der Waals surface area contributed by atoms with E-state index in [1.807, 2.05) is 0 Å². The highest BCUT2D eigenvalue weighted by atomic mass is 16.6. The van der Waals surface area contributed by atoms with Gasteiger partial charge in [0.2, 0.25) is 0 Å². The van der Waals surface area contributed by atoms with Crippen molar-refractivity contribution in [3.63, 3.8) is 0 Å². The number of hydrogen-bond donors (Lipinski definition) is 2. The molecule has 0 unspecified atom stereocenters. The number of nitrogens with one attached hydrogen (secondary N) is 1. The van der Waals surface area contributed by atoms with Gasteiger partial charge >= 0.3 is 5.97 Å². The Labute approximate surface area is 178 Å². The summed E-state index contributed by atoms with van der Waals surface area (Å²) >= 11 is 0. The molecular formula is C25H44NO3+. The fourth-order valence-electron chi connectivity index (χ4n) is 6.19. The third kappa shape index (κ3) is 4.58. The Balaban J connectivity index is 1.75. The highest BCUT2D eigenvalue weighted by Gasteiger charge is 2.60. The Morgan fingerprint density at radius 2 is 1.83 bits per heavy atom. The number of unbranched alkanes of at least 4 members (excludes halogenated alkanes) is 4. The van der Waals surface area contributed by atoms with E-state index in [1.54, 1.807) is 0 Å². The van der Waals surface area contributed by atoms with Gasteiger partial charge in [0, 0.05) is 17.8 Å². The fourth-order valence-corrected chi connectivity index (χ4v) is 6.19. The quantitative estimate of drug-likeness (QED) is 0.331. The molecule has 29 heavy (non-hydrogen) atoms. The maximum absolute atomic E-state index is 12.9. The van der Waals surface area contributed by atoms with Crippen LogP contribution in [0, 0.1) is 23.2 Å². The zero-order chi connectivity index (χ0) is 21.0. The lowest BCUT2D eigenvalue weighted by Gasteiger charge is -2.51. The average Bonchev–Trinajstić information content (AvgIpc) is 3.00. The Bertz CT molecular complexity index is 579. The molecule has 4 heteroatoms. The Hall–Kier alpha value is -0.870. The minimum absolute atomic E-state index is 0.0439. The molecular weight excluding hydrogens is 362 g/mol. The summed E-state index contributed by atoms with van der Waals surface area (Å²) in [5.41, 5.74) is 1.13. The molecule has 0 aromatic rings. The van der Waals surface area contributed by atoms with E-state index in [2.05, 4.69) is 33.8 Å².